The van der Waals surface area contributed by atoms with Gasteiger partial charge in [0.25, 0.3) is 0 Å². The minimum Gasteiger partial charge on any atom is -0.357 e. The van der Waals surface area contributed by atoms with Crippen LogP contribution >= 0.6 is 0 Å². The molecule has 2 aliphatic rings. The molecule has 1 saturated heterocycles. The first kappa shape index (κ1) is 17.3. The molecule has 1 aromatic heterocycles. The SMILES string of the molecule is C=C/C=c1/c(C2CCCCCCC2)cc(N2CCCC2)n/c1=C/C. The third-order valence-corrected chi connectivity index (χ3v) is 5.64. The second kappa shape index (κ2) is 8.50. The van der Waals surface area contributed by atoms with Crippen molar-refractivity contribution in [2.24, 2.45) is 0 Å². The molecule has 1 aromatic rings. The van der Waals surface area contributed by atoms with E-state index in [2.05, 4.69) is 36.6 Å². The zero-order valence-corrected chi connectivity index (χ0v) is 15.3. The number of pyridine rings is 1. The molecule has 0 aromatic carbocycles. The average Bonchev–Trinajstić information content (AvgIpc) is 3.10. The van der Waals surface area contributed by atoms with Crippen molar-refractivity contribution in [1.82, 2.24) is 4.98 Å². The molecule has 1 saturated carbocycles. The van der Waals surface area contributed by atoms with Crippen molar-refractivity contribution in [3.05, 3.63) is 34.9 Å². The molecule has 0 atom stereocenters. The maximum Gasteiger partial charge on any atom is 0.129 e. The summed E-state index contributed by atoms with van der Waals surface area (Å²) in [5.74, 6) is 1.87. The maximum atomic E-state index is 4.98. The number of nitrogens with zero attached hydrogens (tertiary/aromatic N) is 2. The summed E-state index contributed by atoms with van der Waals surface area (Å²) in [7, 11) is 0. The molecular weight excluding hydrogens is 292 g/mol. The Bertz CT molecular complexity index is 660. The van der Waals surface area contributed by atoms with E-state index in [1.165, 1.54) is 74.4 Å². The van der Waals surface area contributed by atoms with Gasteiger partial charge in [-0.3, -0.25) is 0 Å². The van der Waals surface area contributed by atoms with Crippen LogP contribution in [-0.4, -0.2) is 18.1 Å². The van der Waals surface area contributed by atoms with Gasteiger partial charge in [-0.2, -0.15) is 0 Å². The Hall–Kier alpha value is -1.57. The van der Waals surface area contributed by atoms with E-state index >= 15 is 0 Å². The molecule has 0 spiro atoms. The number of hydrogen-bond donors (Lipinski definition) is 0. The van der Waals surface area contributed by atoms with E-state index in [1.54, 1.807) is 0 Å². The summed E-state index contributed by atoms with van der Waals surface area (Å²) in [6, 6.07) is 2.40. The Kier molecular flexibility index (Phi) is 6.12. The van der Waals surface area contributed by atoms with Crippen LogP contribution in [0.5, 0.6) is 0 Å². The van der Waals surface area contributed by atoms with Crippen molar-refractivity contribution < 1.29 is 0 Å². The van der Waals surface area contributed by atoms with Crippen molar-refractivity contribution >= 4 is 18.0 Å². The Morgan fingerprint density at radius 2 is 1.71 bits per heavy atom. The fourth-order valence-electron chi connectivity index (χ4n) is 4.31. The van der Waals surface area contributed by atoms with Gasteiger partial charge >= 0.3 is 0 Å². The van der Waals surface area contributed by atoms with E-state index in [0.29, 0.717) is 5.92 Å². The highest BCUT2D eigenvalue weighted by Crippen LogP contribution is 2.30. The molecular formula is C22H32N2. The lowest BCUT2D eigenvalue weighted by Gasteiger charge is -2.23. The predicted molar refractivity (Wildman–Crippen MR) is 105 cm³/mol. The number of aromatic nitrogens is 1. The van der Waals surface area contributed by atoms with Gasteiger partial charge in [0.15, 0.2) is 0 Å². The van der Waals surface area contributed by atoms with Crippen molar-refractivity contribution in [2.45, 2.75) is 70.6 Å². The highest BCUT2D eigenvalue weighted by Gasteiger charge is 2.19. The van der Waals surface area contributed by atoms with E-state index in [-0.39, 0.29) is 0 Å². The van der Waals surface area contributed by atoms with Gasteiger partial charge in [0.2, 0.25) is 0 Å². The first-order valence-corrected chi connectivity index (χ1v) is 9.88. The van der Waals surface area contributed by atoms with Crippen LogP contribution in [0.4, 0.5) is 5.82 Å². The summed E-state index contributed by atoms with van der Waals surface area (Å²) < 4.78 is 0. The van der Waals surface area contributed by atoms with Crippen LogP contribution in [0.15, 0.2) is 18.7 Å². The average molecular weight is 325 g/mol. The third-order valence-electron chi connectivity index (χ3n) is 5.64. The van der Waals surface area contributed by atoms with Gasteiger partial charge < -0.3 is 4.90 Å². The minimum absolute atomic E-state index is 0.680. The number of anilines is 1. The highest BCUT2D eigenvalue weighted by molar-refractivity contribution is 5.49. The molecule has 2 heteroatoms. The smallest absolute Gasteiger partial charge is 0.129 e. The van der Waals surface area contributed by atoms with Crippen LogP contribution in [0.25, 0.3) is 12.2 Å². The van der Waals surface area contributed by atoms with E-state index in [9.17, 15) is 0 Å². The van der Waals surface area contributed by atoms with E-state index < -0.39 is 0 Å². The van der Waals surface area contributed by atoms with Gasteiger partial charge in [0, 0.05) is 18.3 Å². The van der Waals surface area contributed by atoms with Gasteiger partial charge in [-0.25, -0.2) is 4.98 Å². The number of hydrogen-bond acceptors (Lipinski definition) is 2. The fraction of sp³-hybridized carbons (Fsp3) is 0.591. The lowest BCUT2D eigenvalue weighted by molar-refractivity contribution is 0.454. The predicted octanol–water partition coefficient (Wildman–Crippen LogP) is 4.28. The largest absolute Gasteiger partial charge is 0.357 e. The standard InChI is InChI=1S/C22H32N2/c1-3-12-19-20(18-13-8-6-5-7-9-14-18)17-22(23-21(19)4-2)24-15-10-11-16-24/h3-4,12,17-18H,1,5-11,13-16H2,2H3/b19-12-,21-4+. The molecule has 130 valence electrons. The van der Waals surface area contributed by atoms with Crippen LogP contribution in [0.3, 0.4) is 0 Å². The summed E-state index contributed by atoms with van der Waals surface area (Å²) in [6.45, 7) is 8.37. The Morgan fingerprint density at radius 3 is 2.33 bits per heavy atom. The highest BCUT2D eigenvalue weighted by atomic mass is 15.2. The summed E-state index contributed by atoms with van der Waals surface area (Å²) >= 11 is 0. The first-order chi connectivity index (χ1) is 11.8. The van der Waals surface area contributed by atoms with E-state index in [0.717, 1.165) is 18.4 Å². The third kappa shape index (κ3) is 3.91. The van der Waals surface area contributed by atoms with Crippen molar-refractivity contribution in [1.29, 1.82) is 0 Å². The zero-order valence-electron chi connectivity index (χ0n) is 15.3. The second-order valence-corrected chi connectivity index (χ2v) is 7.30. The van der Waals surface area contributed by atoms with Gasteiger partial charge in [0.1, 0.15) is 5.82 Å². The Balaban J connectivity index is 2.07. The topological polar surface area (TPSA) is 16.1 Å². The van der Waals surface area contributed by atoms with Crippen LogP contribution in [0.2, 0.25) is 0 Å². The van der Waals surface area contributed by atoms with Gasteiger partial charge in [0.05, 0.1) is 5.35 Å². The monoisotopic (exact) mass is 324 g/mol. The maximum absolute atomic E-state index is 4.98. The van der Waals surface area contributed by atoms with Gasteiger partial charge in [-0.1, -0.05) is 56.9 Å². The lowest BCUT2D eigenvalue weighted by atomic mass is 9.85. The quantitative estimate of drug-likeness (QED) is 0.825. The molecule has 1 aliphatic heterocycles. The van der Waals surface area contributed by atoms with Crippen molar-refractivity contribution in [3.8, 4) is 0 Å². The van der Waals surface area contributed by atoms with Crippen LogP contribution in [0.1, 0.15) is 76.2 Å². The summed E-state index contributed by atoms with van der Waals surface area (Å²) in [5.41, 5.74) is 1.52. The van der Waals surface area contributed by atoms with Gasteiger partial charge in [-0.05, 0) is 50.2 Å². The molecule has 0 N–H and O–H groups in total. The molecule has 0 unspecified atom stereocenters. The van der Waals surface area contributed by atoms with Crippen molar-refractivity contribution in [2.75, 3.05) is 18.0 Å². The van der Waals surface area contributed by atoms with E-state index in [4.69, 9.17) is 4.98 Å². The van der Waals surface area contributed by atoms with Crippen LogP contribution in [-0.2, 0) is 0 Å². The lowest BCUT2D eigenvalue weighted by Crippen LogP contribution is -2.35. The second-order valence-electron chi connectivity index (χ2n) is 7.30. The van der Waals surface area contributed by atoms with Crippen LogP contribution < -0.4 is 15.5 Å². The number of rotatable bonds is 3. The van der Waals surface area contributed by atoms with Gasteiger partial charge in [-0.15, -0.1) is 0 Å². The molecule has 24 heavy (non-hydrogen) atoms. The molecule has 2 heterocycles. The molecule has 2 fully saturated rings. The Labute approximate surface area is 147 Å². The molecule has 2 nitrogen and oxygen atoms in total. The van der Waals surface area contributed by atoms with Crippen molar-refractivity contribution in [3.63, 3.8) is 0 Å². The molecule has 0 amide bonds. The normalized spacial score (nSPS) is 21.8. The Morgan fingerprint density at radius 1 is 1.04 bits per heavy atom. The fourth-order valence-corrected chi connectivity index (χ4v) is 4.31. The summed E-state index contributed by atoms with van der Waals surface area (Å²) in [4.78, 5) is 7.45. The summed E-state index contributed by atoms with van der Waals surface area (Å²) in [6.07, 6.45) is 18.4. The molecule has 3 rings (SSSR count). The molecule has 0 bridgehead atoms. The molecule has 1 aliphatic carbocycles. The summed E-state index contributed by atoms with van der Waals surface area (Å²) in [5, 5.41) is 2.44. The zero-order chi connectivity index (χ0) is 16.8. The van der Waals surface area contributed by atoms with Crippen LogP contribution in [0, 0.1) is 0 Å². The molecule has 0 radical (unpaired) electrons. The van der Waals surface area contributed by atoms with E-state index in [1.807, 2.05) is 6.08 Å². The number of allylic oxidation sites excluding steroid dienone is 1. The first-order valence-electron chi connectivity index (χ1n) is 9.88. The minimum atomic E-state index is 0.680.